The molecule has 0 aromatic heterocycles. The highest BCUT2D eigenvalue weighted by Crippen LogP contribution is 2.58. The Balaban J connectivity index is 1.55. The molecule has 8 rings (SSSR count). The SMILES string of the molecule is Cc1cc(C)c2c(c1)C[N+](C)(c1cccc3ccccc13)C1(O2)Oc2c(-c3ccccc3)cc(C)cc2C(C)(C)N1c1c(C)cccc1C. The summed E-state index contributed by atoms with van der Waals surface area (Å²) in [4.78, 5) is 2.48. The molecule has 0 saturated carbocycles. The van der Waals surface area contributed by atoms with Crippen LogP contribution in [0.3, 0.4) is 0 Å². The predicted octanol–water partition coefficient (Wildman–Crippen LogP) is 11.0. The minimum atomic E-state index is -1.34. The first-order valence-electron chi connectivity index (χ1n) is 17.3. The Morgan fingerprint density at radius 1 is 0.633 bits per heavy atom. The molecular formula is C45H45N2O2+. The number of aryl methyl sites for hydroxylation is 5. The van der Waals surface area contributed by atoms with Crippen LogP contribution in [0.15, 0.2) is 115 Å². The van der Waals surface area contributed by atoms with Crippen molar-refractivity contribution in [1.29, 1.82) is 0 Å². The van der Waals surface area contributed by atoms with E-state index in [9.17, 15) is 0 Å². The van der Waals surface area contributed by atoms with Crippen LogP contribution in [0.4, 0.5) is 11.4 Å². The number of hydrogen-bond acceptors (Lipinski definition) is 3. The third-order valence-electron chi connectivity index (χ3n) is 10.9. The van der Waals surface area contributed by atoms with Crippen molar-refractivity contribution in [3.05, 3.63) is 154 Å². The smallest absolute Gasteiger partial charge is 0.388 e. The number of hydrogen-bond donors (Lipinski definition) is 0. The Labute approximate surface area is 290 Å². The highest BCUT2D eigenvalue weighted by atomic mass is 16.8. The predicted molar refractivity (Wildman–Crippen MR) is 203 cm³/mol. The first-order chi connectivity index (χ1) is 23.4. The number of rotatable bonds is 3. The molecule has 0 radical (unpaired) electrons. The van der Waals surface area contributed by atoms with Crippen molar-refractivity contribution in [3.8, 4) is 22.6 Å². The summed E-state index contributed by atoms with van der Waals surface area (Å²) in [7, 11) is 2.31. The number of quaternary nitrogens is 1. The number of nitrogens with zero attached hydrogens (tertiary/aromatic N) is 2. The van der Waals surface area contributed by atoms with Crippen LogP contribution in [0.5, 0.6) is 11.5 Å². The summed E-state index contributed by atoms with van der Waals surface area (Å²) >= 11 is 0. The van der Waals surface area contributed by atoms with Gasteiger partial charge in [0.25, 0.3) is 0 Å². The number of fused-ring (bicyclic) bond motifs is 3. The fourth-order valence-corrected chi connectivity index (χ4v) is 8.65. The van der Waals surface area contributed by atoms with Crippen LogP contribution in [0.1, 0.15) is 52.8 Å². The van der Waals surface area contributed by atoms with Crippen LogP contribution in [-0.4, -0.2) is 13.1 Å². The van der Waals surface area contributed by atoms with Gasteiger partial charge in [0.2, 0.25) is 0 Å². The number of ether oxygens (including phenoxy) is 2. The number of benzene rings is 6. The van der Waals surface area contributed by atoms with E-state index < -0.39 is 11.6 Å². The summed E-state index contributed by atoms with van der Waals surface area (Å²) in [5.41, 5.74) is 12.1. The summed E-state index contributed by atoms with van der Waals surface area (Å²) in [6, 6.07) is 40.3. The van der Waals surface area contributed by atoms with Crippen LogP contribution in [0.25, 0.3) is 21.9 Å². The van der Waals surface area contributed by atoms with Gasteiger partial charge in [-0.05, 0) is 106 Å². The second-order valence-electron chi connectivity index (χ2n) is 14.9. The molecule has 2 unspecified atom stereocenters. The minimum Gasteiger partial charge on any atom is -0.388 e. The van der Waals surface area contributed by atoms with Crippen LogP contribution in [0, 0.1) is 34.6 Å². The average Bonchev–Trinajstić information content (AvgIpc) is 3.07. The fraction of sp³-hybridized carbons (Fsp3) is 0.244. The van der Waals surface area contributed by atoms with Gasteiger partial charge in [0.1, 0.15) is 23.7 Å². The van der Waals surface area contributed by atoms with Gasteiger partial charge in [-0.2, -0.15) is 4.48 Å². The third kappa shape index (κ3) is 4.54. The van der Waals surface area contributed by atoms with E-state index in [-0.39, 0.29) is 0 Å². The molecule has 0 N–H and O–H groups in total. The molecule has 246 valence electrons. The quantitative estimate of drug-likeness (QED) is 0.179. The molecule has 4 heteroatoms. The first-order valence-corrected chi connectivity index (χ1v) is 17.3. The van der Waals surface area contributed by atoms with E-state index in [4.69, 9.17) is 9.47 Å². The molecule has 1 spiro atoms. The second-order valence-corrected chi connectivity index (χ2v) is 14.9. The summed E-state index contributed by atoms with van der Waals surface area (Å²) in [6.45, 7) is 16.3. The number of anilines is 1. The molecule has 6 aromatic rings. The summed E-state index contributed by atoms with van der Waals surface area (Å²) in [5, 5.41) is 2.37. The lowest BCUT2D eigenvalue weighted by atomic mass is 9.83. The summed E-state index contributed by atoms with van der Waals surface area (Å²) in [5.74, 6) is 1.76. The van der Waals surface area contributed by atoms with Gasteiger partial charge in [-0.15, -0.1) is 0 Å². The van der Waals surface area contributed by atoms with E-state index in [2.05, 4.69) is 176 Å². The van der Waals surface area contributed by atoms with Crippen molar-refractivity contribution < 1.29 is 9.47 Å². The molecule has 0 saturated heterocycles. The Hall–Kier alpha value is -5.06. The van der Waals surface area contributed by atoms with Gasteiger partial charge < -0.3 is 9.47 Å². The van der Waals surface area contributed by atoms with Gasteiger partial charge in [-0.25, -0.2) is 4.90 Å². The fourth-order valence-electron chi connectivity index (χ4n) is 8.65. The van der Waals surface area contributed by atoms with E-state index in [0.29, 0.717) is 11.0 Å². The van der Waals surface area contributed by atoms with Gasteiger partial charge in [0.05, 0.1) is 23.8 Å². The lowest BCUT2D eigenvalue weighted by Crippen LogP contribution is -2.82. The standard InChI is InChI=1S/C45H45N2O2/c1-29-24-33(5)42-36(25-29)28-47(8,40-23-15-21-34-20-12-13-22-37(34)40)45(48-42)46(41-31(3)16-14-17-32(41)4)44(6,7)39-27-30(2)26-38(43(39)49-45)35-18-10-9-11-19-35/h9-27H,28H2,1-8H3/q+1. The molecule has 2 heterocycles. The molecule has 0 amide bonds. The summed E-state index contributed by atoms with van der Waals surface area (Å²) < 4.78 is 15.9. The lowest BCUT2D eigenvalue weighted by Gasteiger charge is -2.61. The number of para-hydroxylation sites is 1. The second kappa shape index (κ2) is 11.0. The van der Waals surface area contributed by atoms with Gasteiger partial charge in [-0.1, -0.05) is 90.5 Å². The molecule has 2 aliphatic rings. The summed E-state index contributed by atoms with van der Waals surface area (Å²) in [6.07, 6.45) is 0. The Bertz CT molecular complexity index is 2250. The van der Waals surface area contributed by atoms with E-state index in [1.807, 2.05) is 0 Å². The van der Waals surface area contributed by atoms with Crippen molar-refractivity contribution in [1.82, 2.24) is 4.48 Å². The van der Waals surface area contributed by atoms with Crippen molar-refractivity contribution in [2.45, 2.75) is 66.6 Å². The zero-order valence-electron chi connectivity index (χ0n) is 29.9. The maximum atomic E-state index is 7.85. The molecule has 6 aromatic carbocycles. The Morgan fingerprint density at radius 2 is 1.27 bits per heavy atom. The van der Waals surface area contributed by atoms with Crippen LogP contribution >= 0.6 is 0 Å². The highest BCUT2D eigenvalue weighted by Gasteiger charge is 2.70. The molecule has 0 fully saturated rings. The van der Waals surface area contributed by atoms with E-state index in [1.54, 1.807) is 0 Å². The normalized spacial score (nSPS) is 20.8. The largest absolute Gasteiger partial charge is 0.509 e. The minimum absolute atomic E-state index is 0.336. The van der Waals surface area contributed by atoms with Gasteiger partial charge >= 0.3 is 6.03 Å². The van der Waals surface area contributed by atoms with E-state index in [1.165, 1.54) is 38.6 Å². The van der Waals surface area contributed by atoms with Gasteiger partial charge in [-0.3, -0.25) is 0 Å². The Kier molecular flexibility index (Phi) is 7.00. The van der Waals surface area contributed by atoms with E-state index in [0.717, 1.165) is 45.1 Å². The van der Waals surface area contributed by atoms with Gasteiger partial charge in [0, 0.05) is 22.6 Å². The van der Waals surface area contributed by atoms with Gasteiger partial charge in [0.15, 0.2) is 0 Å². The van der Waals surface area contributed by atoms with Crippen molar-refractivity contribution in [3.63, 3.8) is 0 Å². The average molecular weight is 646 g/mol. The maximum Gasteiger partial charge on any atom is 0.509 e. The molecule has 0 bridgehead atoms. The first kappa shape index (κ1) is 31.2. The van der Waals surface area contributed by atoms with Crippen LogP contribution < -0.4 is 18.9 Å². The molecule has 4 nitrogen and oxygen atoms in total. The van der Waals surface area contributed by atoms with E-state index >= 15 is 0 Å². The zero-order chi connectivity index (χ0) is 34.3. The van der Waals surface area contributed by atoms with Crippen LogP contribution in [-0.2, 0) is 12.1 Å². The molecule has 2 aliphatic heterocycles. The highest BCUT2D eigenvalue weighted by molar-refractivity contribution is 5.94. The lowest BCUT2D eigenvalue weighted by molar-refractivity contribution is -0.239. The Morgan fingerprint density at radius 3 is 2.02 bits per heavy atom. The zero-order valence-corrected chi connectivity index (χ0v) is 29.9. The molecule has 49 heavy (non-hydrogen) atoms. The topological polar surface area (TPSA) is 21.7 Å². The third-order valence-corrected chi connectivity index (χ3v) is 10.9. The molecule has 0 aliphatic carbocycles. The van der Waals surface area contributed by atoms with Crippen molar-refractivity contribution in [2.24, 2.45) is 0 Å². The maximum absolute atomic E-state index is 7.85. The van der Waals surface area contributed by atoms with Crippen molar-refractivity contribution >= 4 is 22.1 Å². The van der Waals surface area contributed by atoms with Crippen molar-refractivity contribution in [2.75, 3.05) is 11.9 Å². The van der Waals surface area contributed by atoms with Crippen LogP contribution in [0.2, 0.25) is 0 Å². The molecular weight excluding hydrogens is 601 g/mol. The monoisotopic (exact) mass is 645 g/mol. The molecule has 2 atom stereocenters.